The van der Waals surface area contributed by atoms with Crippen LogP contribution in [0.5, 0.6) is 5.75 Å². The standard InChI is InChI=1S/C14H21NO2/c1-16-9-5-4-8-14(15)10-12-6-2-3-7-13(12)17-11-14/h2-3,6-7H,4-5,8-11,15H2,1H3. The second-order valence-corrected chi connectivity index (χ2v) is 4.89. The first-order valence-electron chi connectivity index (χ1n) is 6.22. The van der Waals surface area contributed by atoms with Crippen molar-refractivity contribution in [2.45, 2.75) is 31.2 Å². The van der Waals surface area contributed by atoms with Gasteiger partial charge in [0, 0.05) is 13.7 Å². The van der Waals surface area contributed by atoms with E-state index < -0.39 is 0 Å². The Morgan fingerprint density at radius 3 is 3.00 bits per heavy atom. The zero-order valence-electron chi connectivity index (χ0n) is 10.4. The fraction of sp³-hybridized carbons (Fsp3) is 0.571. The monoisotopic (exact) mass is 235 g/mol. The number of hydrogen-bond acceptors (Lipinski definition) is 3. The van der Waals surface area contributed by atoms with Crippen molar-refractivity contribution in [2.24, 2.45) is 5.73 Å². The molecule has 0 bridgehead atoms. The van der Waals surface area contributed by atoms with Crippen molar-refractivity contribution >= 4 is 0 Å². The van der Waals surface area contributed by atoms with Crippen LogP contribution in [-0.2, 0) is 11.2 Å². The van der Waals surface area contributed by atoms with Crippen LogP contribution in [0, 0.1) is 0 Å². The molecule has 1 aromatic rings. The molecule has 0 aromatic heterocycles. The molecular weight excluding hydrogens is 214 g/mol. The van der Waals surface area contributed by atoms with Gasteiger partial charge in [-0.2, -0.15) is 0 Å². The summed E-state index contributed by atoms with van der Waals surface area (Å²) in [5.74, 6) is 0.991. The Morgan fingerprint density at radius 1 is 1.35 bits per heavy atom. The Balaban J connectivity index is 1.91. The average molecular weight is 235 g/mol. The highest BCUT2D eigenvalue weighted by atomic mass is 16.5. The van der Waals surface area contributed by atoms with Crippen LogP contribution in [0.25, 0.3) is 0 Å². The normalized spacial score (nSPS) is 22.9. The number of fused-ring (bicyclic) bond motifs is 1. The van der Waals surface area contributed by atoms with Gasteiger partial charge >= 0.3 is 0 Å². The predicted octanol–water partition coefficient (Wildman–Crippen LogP) is 2.14. The van der Waals surface area contributed by atoms with E-state index in [2.05, 4.69) is 6.07 Å². The second kappa shape index (κ2) is 5.52. The lowest BCUT2D eigenvalue weighted by molar-refractivity contribution is 0.164. The maximum absolute atomic E-state index is 6.39. The Hall–Kier alpha value is -1.06. The number of hydrogen-bond donors (Lipinski definition) is 1. The molecule has 3 nitrogen and oxygen atoms in total. The number of unbranched alkanes of at least 4 members (excludes halogenated alkanes) is 1. The van der Waals surface area contributed by atoms with Crippen LogP contribution in [0.15, 0.2) is 24.3 Å². The van der Waals surface area contributed by atoms with E-state index in [1.807, 2.05) is 18.2 Å². The lowest BCUT2D eigenvalue weighted by Crippen LogP contribution is -2.49. The molecule has 0 saturated heterocycles. The molecule has 1 aliphatic heterocycles. The maximum atomic E-state index is 6.39. The van der Waals surface area contributed by atoms with Gasteiger partial charge in [-0.15, -0.1) is 0 Å². The molecule has 2 rings (SSSR count). The molecule has 3 heteroatoms. The van der Waals surface area contributed by atoms with Gasteiger partial charge in [0.25, 0.3) is 0 Å². The predicted molar refractivity (Wildman–Crippen MR) is 68.3 cm³/mol. The third kappa shape index (κ3) is 3.20. The highest BCUT2D eigenvalue weighted by Gasteiger charge is 2.31. The van der Waals surface area contributed by atoms with E-state index in [-0.39, 0.29) is 5.54 Å². The van der Waals surface area contributed by atoms with Crippen LogP contribution in [0.1, 0.15) is 24.8 Å². The molecule has 2 N–H and O–H groups in total. The summed E-state index contributed by atoms with van der Waals surface area (Å²) in [6.07, 6.45) is 4.06. The first-order chi connectivity index (χ1) is 8.23. The van der Waals surface area contributed by atoms with Gasteiger partial charge < -0.3 is 15.2 Å². The van der Waals surface area contributed by atoms with E-state index in [1.54, 1.807) is 7.11 Å². The van der Waals surface area contributed by atoms with Crippen molar-refractivity contribution in [3.8, 4) is 5.75 Å². The molecule has 0 aliphatic carbocycles. The third-order valence-corrected chi connectivity index (χ3v) is 3.30. The number of nitrogens with two attached hydrogens (primary N) is 1. The van der Waals surface area contributed by atoms with Gasteiger partial charge in [-0.25, -0.2) is 0 Å². The number of ether oxygens (including phenoxy) is 2. The second-order valence-electron chi connectivity index (χ2n) is 4.89. The molecule has 0 radical (unpaired) electrons. The lowest BCUT2D eigenvalue weighted by atomic mass is 9.85. The number of rotatable bonds is 5. The fourth-order valence-electron chi connectivity index (χ4n) is 2.33. The summed E-state index contributed by atoms with van der Waals surface area (Å²) in [5, 5.41) is 0. The van der Waals surface area contributed by atoms with Crippen LogP contribution < -0.4 is 10.5 Å². The molecule has 0 amide bonds. The van der Waals surface area contributed by atoms with Crippen molar-refractivity contribution in [3.05, 3.63) is 29.8 Å². The van der Waals surface area contributed by atoms with Gasteiger partial charge in [0.05, 0.1) is 5.54 Å². The van der Waals surface area contributed by atoms with Gasteiger partial charge in [0.15, 0.2) is 0 Å². The summed E-state index contributed by atoms with van der Waals surface area (Å²) >= 11 is 0. The summed E-state index contributed by atoms with van der Waals surface area (Å²) in [6.45, 7) is 1.44. The molecule has 1 aromatic carbocycles. The molecule has 0 saturated carbocycles. The van der Waals surface area contributed by atoms with E-state index >= 15 is 0 Å². The van der Waals surface area contributed by atoms with E-state index in [0.29, 0.717) is 6.61 Å². The van der Waals surface area contributed by atoms with Crippen LogP contribution in [0.2, 0.25) is 0 Å². The van der Waals surface area contributed by atoms with Gasteiger partial charge in [-0.05, 0) is 37.3 Å². The van der Waals surface area contributed by atoms with E-state index in [4.69, 9.17) is 15.2 Å². The first kappa shape index (κ1) is 12.4. The average Bonchev–Trinajstić information content (AvgIpc) is 2.35. The first-order valence-corrected chi connectivity index (χ1v) is 6.22. The summed E-state index contributed by atoms with van der Waals surface area (Å²) < 4.78 is 10.8. The highest BCUT2D eigenvalue weighted by Crippen LogP contribution is 2.30. The quantitative estimate of drug-likeness (QED) is 0.795. The Labute approximate surface area is 103 Å². The minimum Gasteiger partial charge on any atom is -0.491 e. The molecular formula is C14H21NO2. The highest BCUT2D eigenvalue weighted by molar-refractivity contribution is 5.36. The zero-order chi connectivity index (χ0) is 12.1. The number of methoxy groups -OCH3 is 1. The van der Waals surface area contributed by atoms with E-state index in [0.717, 1.165) is 38.0 Å². The largest absolute Gasteiger partial charge is 0.491 e. The minimum atomic E-state index is -0.206. The lowest BCUT2D eigenvalue weighted by Gasteiger charge is -2.34. The Kier molecular flexibility index (Phi) is 4.02. The van der Waals surface area contributed by atoms with Crippen LogP contribution in [0.4, 0.5) is 0 Å². The van der Waals surface area contributed by atoms with Gasteiger partial charge in [-0.3, -0.25) is 0 Å². The number of para-hydroxylation sites is 1. The van der Waals surface area contributed by atoms with Crippen molar-refractivity contribution in [1.82, 2.24) is 0 Å². The Morgan fingerprint density at radius 2 is 2.18 bits per heavy atom. The van der Waals surface area contributed by atoms with Crippen molar-refractivity contribution in [3.63, 3.8) is 0 Å². The van der Waals surface area contributed by atoms with Crippen molar-refractivity contribution in [1.29, 1.82) is 0 Å². The summed E-state index contributed by atoms with van der Waals surface area (Å²) in [7, 11) is 1.73. The molecule has 0 fully saturated rings. The molecule has 1 heterocycles. The van der Waals surface area contributed by atoms with Gasteiger partial charge in [-0.1, -0.05) is 18.2 Å². The van der Waals surface area contributed by atoms with Crippen LogP contribution >= 0.6 is 0 Å². The molecule has 1 unspecified atom stereocenters. The minimum absolute atomic E-state index is 0.206. The van der Waals surface area contributed by atoms with Gasteiger partial charge in [0.1, 0.15) is 12.4 Å². The van der Waals surface area contributed by atoms with Crippen molar-refractivity contribution < 1.29 is 9.47 Å². The van der Waals surface area contributed by atoms with Crippen LogP contribution in [0.3, 0.4) is 0 Å². The smallest absolute Gasteiger partial charge is 0.122 e. The molecule has 94 valence electrons. The molecule has 17 heavy (non-hydrogen) atoms. The van der Waals surface area contributed by atoms with Crippen LogP contribution in [-0.4, -0.2) is 25.9 Å². The number of benzene rings is 1. The third-order valence-electron chi connectivity index (χ3n) is 3.30. The molecule has 1 aliphatic rings. The Bertz CT molecular complexity index is 367. The zero-order valence-corrected chi connectivity index (χ0v) is 10.4. The molecule has 0 spiro atoms. The van der Waals surface area contributed by atoms with E-state index in [1.165, 1.54) is 5.56 Å². The summed E-state index contributed by atoms with van der Waals surface area (Å²) in [4.78, 5) is 0. The van der Waals surface area contributed by atoms with Crippen molar-refractivity contribution in [2.75, 3.05) is 20.3 Å². The summed E-state index contributed by atoms with van der Waals surface area (Å²) in [5.41, 5.74) is 7.41. The SMILES string of the molecule is COCCCCC1(N)COc2ccccc2C1. The fourth-order valence-corrected chi connectivity index (χ4v) is 2.33. The topological polar surface area (TPSA) is 44.5 Å². The maximum Gasteiger partial charge on any atom is 0.122 e. The molecule has 1 atom stereocenters. The summed E-state index contributed by atoms with van der Waals surface area (Å²) in [6, 6.07) is 8.16. The van der Waals surface area contributed by atoms with Gasteiger partial charge in [0.2, 0.25) is 0 Å². The van der Waals surface area contributed by atoms with E-state index in [9.17, 15) is 0 Å².